The van der Waals surface area contributed by atoms with Gasteiger partial charge in [-0.15, -0.1) is 0 Å². The fourth-order valence-corrected chi connectivity index (χ4v) is 2.75. The van der Waals surface area contributed by atoms with Gasteiger partial charge >= 0.3 is 5.97 Å². The van der Waals surface area contributed by atoms with Gasteiger partial charge in [0.15, 0.2) is 0 Å². The fraction of sp³-hybridized carbons (Fsp3) is 0.900. The van der Waals surface area contributed by atoms with Crippen LogP contribution in [0.3, 0.4) is 0 Å². The van der Waals surface area contributed by atoms with Gasteiger partial charge in [0.2, 0.25) is 6.29 Å². The molecular weight excluding hydrogens is 168 g/mol. The first-order chi connectivity index (χ1) is 6.11. The van der Waals surface area contributed by atoms with Crippen molar-refractivity contribution in [2.45, 2.75) is 33.0 Å². The lowest BCUT2D eigenvalue weighted by Gasteiger charge is -2.35. The minimum Gasteiger partial charge on any atom is -0.435 e. The van der Waals surface area contributed by atoms with Crippen molar-refractivity contribution in [3.63, 3.8) is 0 Å². The average molecular weight is 184 g/mol. The first-order valence-electron chi connectivity index (χ1n) is 5.00. The molecule has 1 heterocycles. The third kappa shape index (κ3) is 1.26. The smallest absolute Gasteiger partial charge is 0.311 e. The van der Waals surface area contributed by atoms with Crippen LogP contribution < -0.4 is 0 Å². The minimum atomic E-state index is -0.876. The highest BCUT2D eigenvalue weighted by Gasteiger charge is 2.48. The molecule has 13 heavy (non-hydrogen) atoms. The zero-order chi connectivity index (χ0) is 9.59. The first kappa shape index (κ1) is 9.00. The van der Waals surface area contributed by atoms with Crippen molar-refractivity contribution in [1.29, 1.82) is 0 Å². The maximum absolute atomic E-state index is 11.5. The molecular formula is C10H16O3. The lowest BCUT2D eigenvalue weighted by Crippen LogP contribution is -2.43. The van der Waals surface area contributed by atoms with Gasteiger partial charge in [-0.3, -0.25) is 4.79 Å². The van der Waals surface area contributed by atoms with Crippen LogP contribution in [-0.2, 0) is 9.53 Å². The number of carbonyl (C=O) groups excluding carboxylic acids is 1. The van der Waals surface area contributed by atoms with Gasteiger partial charge in [0, 0.05) is 5.92 Å². The van der Waals surface area contributed by atoms with E-state index in [-0.39, 0.29) is 17.8 Å². The van der Waals surface area contributed by atoms with Gasteiger partial charge < -0.3 is 9.84 Å². The number of hydrogen-bond acceptors (Lipinski definition) is 3. The topological polar surface area (TPSA) is 46.5 Å². The van der Waals surface area contributed by atoms with Gasteiger partial charge in [0.25, 0.3) is 0 Å². The van der Waals surface area contributed by atoms with Crippen LogP contribution in [0.1, 0.15) is 26.7 Å². The monoisotopic (exact) mass is 184 g/mol. The summed E-state index contributed by atoms with van der Waals surface area (Å²) in [6, 6.07) is 0. The zero-order valence-electron chi connectivity index (χ0n) is 8.06. The van der Waals surface area contributed by atoms with Crippen LogP contribution in [0.5, 0.6) is 0 Å². The number of carbonyl (C=O) groups is 1. The molecule has 0 bridgehead atoms. The summed E-state index contributed by atoms with van der Waals surface area (Å²) in [5.41, 5.74) is 0. The maximum Gasteiger partial charge on any atom is 0.311 e. The van der Waals surface area contributed by atoms with E-state index in [2.05, 4.69) is 6.92 Å². The van der Waals surface area contributed by atoms with Crippen molar-refractivity contribution in [2.75, 3.05) is 0 Å². The van der Waals surface area contributed by atoms with E-state index in [1.165, 1.54) is 0 Å². The molecule has 0 spiro atoms. The second-order valence-electron chi connectivity index (χ2n) is 4.43. The SMILES string of the molecule is C[C@@H]1[C@H]2CC[C@H](C)[C@H]2C(=O)O[C@H]1O. The van der Waals surface area contributed by atoms with Crippen molar-refractivity contribution in [3.05, 3.63) is 0 Å². The Hall–Kier alpha value is -0.570. The Morgan fingerprint density at radius 1 is 1.38 bits per heavy atom. The molecule has 2 aliphatic rings. The Labute approximate surface area is 78.1 Å². The third-order valence-corrected chi connectivity index (χ3v) is 3.66. The molecule has 0 unspecified atom stereocenters. The molecule has 1 N–H and O–H groups in total. The zero-order valence-corrected chi connectivity index (χ0v) is 8.06. The Kier molecular flexibility index (Phi) is 2.06. The number of aliphatic hydroxyl groups is 1. The number of ether oxygens (including phenoxy) is 1. The minimum absolute atomic E-state index is 0.0402. The fourth-order valence-electron chi connectivity index (χ4n) is 2.75. The van der Waals surface area contributed by atoms with E-state index in [4.69, 9.17) is 4.74 Å². The lowest BCUT2D eigenvalue weighted by atomic mass is 9.80. The molecule has 2 fully saturated rings. The molecule has 3 nitrogen and oxygen atoms in total. The van der Waals surface area contributed by atoms with Crippen LogP contribution >= 0.6 is 0 Å². The molecule has 0 aromatic rings. The molecule has 5 atom stereocenters. The second-order valence-corrected chi connectivity index (χ2v) is 4.43. The summed E-state index contributed by atoms with van der Waals surface area (Å²) in [5, 5.41) is 9.44. The van der Waals surface area contributed by atoms with Crippen LogP contribution in [-0.4, -0.2) is 17.4 Å². The summed E-state index contributed by atoms with van der Waals surface area (Å²) in [6.45, 7) is 4.06. The van der Waals surface area contributed by atoms with E-state index >= 15 is 0 Å². The molecule has 1 aliphatic heterocycles. The normalized spacial score (nSPS) is 50.1. The van der Waals surface area contributed by atoms with Crippen molar-refractivity contribution in [3.8, 4) is 0 Å². The van der Waals surface area contributed by atoms with Crippen LogP contribution in [0.2, 0.25) is 0 Å². The van der Waals surface area contributed by atoms with E-state index in [9.17, 15) is 9.90 Å². The van der Waals surface area contributed by atoms with Crippen LogP contribution in [0.15, 0.2) is 0 Å². The average Bonchev–Trinajstić information content (AvgIpc) is 2.44. The van der Waals surface area contributed by atoms with Crippen molar-refractivity contribution in [2.24, 2.45) is 23.7 Å². The molecule has 0 aromatic carbocycles. The summed E-state index contributed by atoms with van der Waals surface area (Å²) < 4.78 is 4.90. The predicted octanol–water partition coefficient (Wildman–Crippen LogP) is 1.16. The number of cyclic esters (lactones) is 1. The highest BCUT2D eigenvalue weighted by Crippen LogP contribution is 2.45. The largest absolute Gasteiger partial charge is 0.435 e. The van der Waals surface area contributed by atoms with Gasteiger partial charge in [0.1, 0.15) is 0 Å². The molecule has 0 radical (unpaired) electrons. The summed E-state index contributed by atoms with van der Waals surface area (Å²) in [4.78, 5) is 11.5. The van der Waals surface area contributed by atoms with Crippen molar-refractivity contribution in [1.82, 2.24) is 0 Å². The van der Waals surface area contributed by atoms with E-state index < -0.39 is 6.29 Å². The van der Waals surface area contributed by atoms with Gasteiger partial charge in [-0.25, -0.2) is 0 Å². The van der Waals surface area contributed by atoms with Crippen molar-refractivity contribution < 1.29 is 14.6 Å². The third-order valence-electron chi connectivity index (χ3n) is 3.66. The van der Waals surface area contributed by atoms with Crippen LogP contribution in [0.25, 0.3) is 0 Å². The van der Waals surface area contributed by atoms with Crippen LogP contribution in [0.4, 0.5) is 0 Å². The van der Waals surface area contributed by atoms with E-state index in [1.807, 2.05) is 6.92 Å². The molecule has 0 amide bonds. The van der Waals surface area contributed by atoms with Gasteiger partial charge in [-0.1, -0.05) is 13.8 Å². The number of aliphatic hydroxyl groups excluding tert-OH is 1. The number of rotatable bonds is 0. The first-order valence-corrected chi connectivity index (χ1v) is 5.00. The molecule has 0 aromatic heterocycles. The Morgan fingerprint density at radius 2 is 2.08 bits per heavy atom. The van der Waals surface area contributed by atoms with Gasteiger partial charge in [-0.2, -0.15) is 0 Å². The number of fused-ring (bicyclic) bond motifs is 1. The molecule has 1 saturated carbocycles. The van der Waals surface area contributed by atoms with E-state index in [0.29, 0.717) is 11.8 Å². The highest BCUT2D eigenvalue weighted by atomic mass is 16.6. The van der Waals surface area contributed by atoms with Crippen LogP contribution in [0, 0.1) is 23.7 Å². The number of esters is 1. The molecule has 1 saturated heterocycles. The maximum atomic E-state index is 11.5. The summed E-state index contributed by atoms with van der Waals surface area (Å²) >= 11 is 0. The summed E-state index contributed by atoms with van der Waals surface area (Å²) in [6.07, 6.45) is 1.26. The summed E-state index contributed by atoms with van der Waals surface area (Å²) in [5.74, 6) is 0.713. The van der Waals surface area contributed by atoms with E-state index in [0.717, 1.165) is 12.8 Å². The summed E-state index contributed by atoms with van der Waals surface area (Å²) in [7, 11) is 0. The molecule has 2 rings (SSSR count). The molecule has 74 valence electrons. The lowest BCUT2D eigenvalue weighted by molar-refractivity contribution is -0.204. The number of hydrogen-bond donors (Lipinski definition) is 1. The van der Waals surface area contributed by atoms with Gasteiger partial charge in [0.05, 0.1) is 5.92 Å². The quantitative estimate of drug-likeness (QED) is 0.575. The Balaban J connectivity index is 2.21. The molecule has 3 heteroatoms. The van der Waals surface area contributed by atoms with Crippen molar-refractivity contribution >= 4 is 5.97 Å². The van der Waals surface area contributed by atoms with Gasteiger partial charge in [-0.05, 0) is 24.7 Å². The highest BCUT2D eigenvalue weighted by molar-refractivity contribution is 5.74. The van der Waals surface area contributed by atoms with E-state index in [1.54, 1.807) is 0 Å². The Morgan fingerprint density at radius 3 is 2.77 bits per heavy atom. The predicted molar refractivity (Wildman–Crippen MR) is 46.6 cm³/mol. The molecule has 1 aliphatic carbocycles. The second kappa shape index (κ2) is 2.98. The Bertz CT molecular complexity index is 226. The standard InChI is InChI=1S/C10H16O3/c1-5-3-4-7-6(2)9(11)13-10(12)8(5)7/h5-9,11H,3-4H2,1-2H3/t5-,6+,7+,8+,9+/m0/s1.